The third-order valence-corrected chi connectivity index (χ3v) is 3.82. The minimum absolute atomic E-state index is 0.0733. The number of para-hydroxylation sites is 1. The van der Waals surface area contributed by atoms with Crippen molar-refractivity contribution >= 4 is 17.1 Å². The molecule has 0 amide bonds. The lowest BCUT2D eigenvalue weighted by molar-refractivity contribution is 0.0979. The van der Waals surface area contributed by atoms with E-state index in [4.69, 9.17) is 9.47 Å². The molecule has 0 unspecified atom stereocenters. The highest BCUT2D eigenvalue weighted by Gasteiger charge is 2.16. The van der Waals surface area contributed by atoms with Gasteiger partial charge >= 0.3 is 0 Å². The Bertz CT molecular complexity index is 547. The van der Waals surface area contributed by atoms with Gasteiger partial charge in [0.2, 0.25) is 0 Å². The van der Waals surface area contributed by atoms with E-state index in [-0.39, 0.29) is 5.78 Å². The molecule has 0 bridgehead atoms. The summed E-state index contributed by atoms with van der Waals surface area (Å²) in [6.45, 7) is 0. The number of aryl methyl sites for hydroxylation is 1. The second-order valence-electron chi connectivity index (χ2n) is 4.04. The van der Waals surface area contributed by atoms with Gasteiger partial charge in [-0.05, 0) is 30.0 Å². The molecule has 0 saturated carbocycles. The van der Waals surface area contributed by atoms with Gasteiger partial charge in [-0.1, -0.05) is 12.1 Å². The fourth-order valence-corrected chi connectivity index (χ4v) is 2.64. The van der Waals surface area contributed by atoms with Gasteiger partial charge in [0, 0.05) is 11.3 Å². The number of hydrogen-bond donors (Lipinski definition) is 0. The van der Waals surface area contributed by atoms with Crippen molar-refractivity contribution in [1.29, 1.82) is 0 Å². The summed E-state index contributed by atoms with van der Waals surface area (Å²) in [5.41, 5.74) is 0.582. The van der Waals surface area contributed by atoms with Crippen LogP contribution in [0.4, 0.5) is 0 Å². The van der Waals surface area contributed by atoms with E-state index in [0.29, 0.717) is 23.5 Å². The van der Waals surface area contributed by atoms with Crippen LogP contribution < -0.4 is 9.47 Å². The van der Waals surface area contributed by atoms with Crippen LogP contribution >= 0.6 is 11.3 Å². The van der Waals surface area contributed by atoms with Crippen molar-refractivity contribution in [1.82, 2.24) is 0 Å². The molecule has 1 aromatic carbocycles. The molecule has 1 aromatic heterocycles. The monoisotopic (exact) mass is 276 g/mol. The second-order valence-corrected chi connectivity index (χ2v) is 5.08. The van der Waals surface area contributed by atoms with Gasteiger partial charge in [0.1, 0.15) is 0 Å². The molecule has 4 heteroatoms. The molecular weight excluding hydrogens is 260 g/mol. The molecule has 0 saturated heterocycles. The minimum atomic E-state index is 0.0733. The summed E-state index contributed by atoms with van der Waals surface area (Å²) in [5, 5.41) is 2.02. The van der Waals surface area contributed by atoms with Gasteiger partial charge in [-0.25, -0.2) is 0 Å². The van der Waals surface area contributed by atoms with Crippen LogP contribution in [-0.2, 0) is 6.42 Å². The summed E-state index contributed by atoms with van der Waals surface area (Å²) in [4.78, 5) is 13.5. The Kier molecular flexibility index (Phi) is 4.58. The highest BCUT2D eigenvalue weighted by molar-refractivity contribution is 7.09. The average Bonchev–Trinajstić information content (AvgIpc) is 2.97. The van der Waals surface area contributed by atoms with Crippen LogP contribution in [0.2, 0.25) is 0 Å². The predicted molar refractivity (Wildman–Crippen MR) is 76.5 cm³/mol. The maximum Gasteiger partial charge on any atom is 0.171 e. The number of ether oxygens (including phenoxy) is 2. The maximum absolute atomic E-state index is 12.3. The van der Waals surface area contributed by atoms with Gasteiger partial charge in [-0.2, -0.15) is 0 Å². The number of ketones is 1. The zero-order valence-electron chi connectivity index (χ0n) is 11.0. The summed E-state index contributed by atoms with van der Waals surface area (Å²) in [6, 6.07) is 9.41. The Morgan fingerprint density at radius 1 is 1.16 bits per heavy atom. The van der Waals surface area contributed by atoms with Crippen molar-refractivity contribution in [3.63, 3.8) is 0 Å². The van der Waals surface area contributed by atoms with Crippen LogP contribution in [0.5, 0.6) is 11.5 Å². The van der Waals surface area contributed by atoms with E-state index < -0.39 is 0 Å². The lowest BCUT2D eigenvalue weighted by Gasteiger charge is -2.11. The molecule has 0 aliphatic rings. The van der Waals surface area contributed by atoms with E-state index in [1.54, 1.807) is 43.8 Å². The number of benzene rings is 1. The lowest BCUT2D eigenvalue weighted by atomic mass is 10.0. The fraction of sp³-hybridized carbons (Fsp3) is 0.267. The molecular formula is C15H16O3S. The highest BCUT2D eigenvalue weighted by Crippen LogP contribution is 2.31. The molecule has 0 atom stereocenters. The van der Waals surface area contributed by atoms with Crippen LogP contribution in [0.15, 0.2) is 35.7 Å². The van der Waals surface area contributed by atoms with Gasteiger partial charge < -0.3 is 9.47 Å². The Hall–Kier alpha value is -1.81. The van der Waals surface area contributed by atoms with Crippen molar-refractivity contribution in [2.45, 2.75) is 12.8 Å². The molecule has 0 aliphatic carbocycles. The molecule has 2 aromatic rings. The van der Waals surface area contributed by atoms with Gasteiger partial charge in [-0.3, -0.25) is 4.79 Å². The smallest absolute Gasteiger partial charge is 0.171 e. The zero-order valence-corrected chi connectivity index (χ0v) is 11.8. The molecule has 3 nitrogen and oxygen atoms in total. The summed E-state index contributed by atoms with van der Waals surface area (Å²) in [5.74, 6) is 1.18. The Morgan fingerprint density at radius 3 is 2.63 bits per heavy atom. The molecule has 0 N–H and O–H groups in total. The third-order valence-electron chi connectivity index (χ3n) is 2.88. The molecule has 2 rings (SSSR count). The predicted octanol–water partition coefficient (Wildman–Crippen LogP) is 3.58. The van der Waals surface area contributed by atoms with Crippen molar-refractivity contribution in [3.8, 4) is 11.5 Å². The van der Waals surface area contributed by atoms with E-state index >= 15 is 0 Å². The first kappa shape index (κ1) is 13.6. The van der Waals surface area contributed by atoms with E-state index in [9.17, 15) is 4.79 Å². The van der Waals surface area contributed by atoms with Crippen LogP contribution in [0.3, 0.4) is 0 Å². The van der Waals surface area contributed by atoms with Crippen molar-refractivity contribution in [3.05, 3.63) is 46.2 Å². The quantitative estimate of drug-likeness (QED) is 0.756. The van der Waals surface area contributed by atoms with E-state index in [1.165, 1.54) is 4.88 Å². The van der Waals surface area contributed by atoms with E-state index in [1.807, 2.05) is 17.5 Å². The number of thiophene rings is 1. The number of carbonyl (C=O) groups excluding carboxylic acids is 1. The second kappa shape index (κ2) is 6.38. The topological polar surface area (TPSA) is 35.5 Å². The largest absolute Gasteiger partial charge is 0.493 e. The Labute approximate surface area is 116 Å². The van der Waals surface area contributed by atoms with E-state index in [2.05, 4.69) is 0 Å². The molecule has 0 aliphatic heterocycles. The SMILES string of the molecule is COc1cccc(C(=O)CCc2cccs2)c1OC. The number of methoxy groups -OCH3 is 2. The summed E-state index contributed by atoms with van der Waals surface area (Å²) >= 11 is 1.67. The third kappa shape index (κ3) is 3.15. The van der Waals surface area contributed by atoms with Crippen molar-refractivity contribution < 1.29 is 14.3 Å². The number of hydrogen-bond acceptors (Lipinski definition) is 4. The minimum Gasteiger partial charge on any atom is -0.493 e. The van der Waals surface area contributed by atoms with Crippen LogP contribution in [0.25, 0.3) is 0 Å². The van der Waals surface area contributed by atoms with E-state index in [0.717, 1.165) is 6.42 Å². The molecule has 1 heterocycles. The summed E-state index contributed by atoms with van der Waals surface area (Å²) in [7, 11) is 3.12. The van der Waals surface area contributed by atoms with Crippen LogP contribution in [0, 0.1) is 0 Å². The number of rotatable bonds is 6. The Morgan fingerprint density at radius 2 is 2.00 bits per heavy atom. The molecule has 0 spiro atoms. The maximum atomic E-state index is 12.3. The van der Waals surface area contributed by atoms with Gasteiger partial charge in [0.25, 0.3) is 0 Å². The molecule has 0 radical (unpaired) electrons. The lowest BCUT2D eigenvalue weighted by Crippen LogP contribution is -2.04. The molecule has 100 valence electrons. The number of Topliss-reactive ketones (excluding diaryl/α,β-unsaturated/α-hetero) is 1. The Balaban J connectivity index is 2.14. The summed E-state index contributed by atoms with van der Waals surface area (Å²) in [6.07, 6.45) is 1.24. The summed E-state index contributed by atoms with van der Waals surface area (Å²) < 4.78 is 10.5. The standard InChI is InChI=1S/C15H16O3S/c1-17-14-7-3-6-12(15(14)18-2)13(16)9-8-11-5-4-10-19-11/h3-7,10H,8-9H2,1-2H3. The van der Waals surface area contributed by atoms with Crippen molar-refractivity contribution in [2.24, 2.45) is 0 Å². The van der Waals surface area contributed by atoms with Crippen LogP contribution in [-0.4, -0.2) is 20.0 Å². The molecule has 0 fully saturated rings. The van der Waals surface area contributed by atoms with Gasteiger partial charge in [0.15, 0.2) is 17.3 Å². The normalized spacial score (nSPS) is 10.2. The average molecular weight is 276 g/mol. The van der Waals surface area contributed by atoms with Crippen molar-refractivity contribution in [2.75, 3.05) is 14.2 Å². The van der Waals surface area contributed by atoms with Crippen LogP contribution in [0.1, 0.15) is 21.7 Å². The molecule has 19 heavy (non-hydrogen) atoms. The first-order chi connectivity index (χ1) is 9.26. The highest BCUT2D eigenvalue weighted by atomic mass is 32.1. The zero-order chi connectivity index (χ0) is 13.7. The van der Waals surface area contributed by atoms with Gasteiger partial charge in [-0.15, -0.1) is 11.3 Å². The fourth-order valence-electron chi connectivity index (χ4n) is 1.93. The first-order valence-corrected chi connectivity index (χ1v) is 6.90. The number of carbonyl (C=O) groups is 1. The van der Waals surface area contributed by atoms with Gasteiger partial charge in [0.05, 0.1) is 19.8 Å². The first-order valence-electron chi connectivity index (χ1n) is 6.03.